The molecule has 0 saturated heterocycles. The van der Waals surface area contributed by atoms with Gasteiger partial charge in [-0.3, -0.25) is 4.79 Å². The monoisotopic (exact) mass is 379 g/mol. The summed E-state index contributed by atoms with van der Waals surface area (Å²) in [6.07, 6.45) is 4.97. The van der Waals surface area contributed by atoms with Crippen molar-refractivity contribution in [3.63, 3.8) is 0 Å². The molecule has 1 aliphatic rings. The number of carbonyl (C=O) groups excluding carboxylic acids is 2. The SMILES string of the molecule is CC(c1cccc(NC(=O)c2ccccc2)c1)N(C)C(=O)NCC1CCCC1. The highest BCUT2D eigenvalue weighted by Crippen LogP contribution is 2.25. The summed E-state index contributed by atoms with van der Waals surface area (Å²) in [4.78, 5) is 26.6. The van der Waals surface area contributed by atoms with Crippen molar-refractivity contribution in [3.8, 4) is 0 Å². The van der Waals surface area contributed by atoms with Crippen LogP contribution < -0.4 is 10.6 Å². The van der Waals surface area contributed by atoms with E-state index in [9.17, 15) is 9.59 Å². The Bertz CT molecular complexity index is 801. The number of amides is 3. The van der Waals surface area contributed by atoms with Gasteiger partial charge in [0.25, 0.3) is 5.91 Å². The topological polar surface area (TPSA) is 61.4 Å². The number of anilines is 1. The quantitative estimate of drug-likeness (QED) is 0.755. The first-order valence-corrected chi connectivity index (χ1v) is 10.0. The molecule has 1 saturated carbocycles. The van der Waals surface area contributed by atoms with E-state index in [0.717, 1.165) is 17.8 Å². The van der Waals surface area contributed by atoms with Crippen LogP contribution in [0.5, 0.6) is 0 Å². The Morgan fingerprint density at radius 2 is 1.79 bits per heavy atom. The summed E-state index contributed by atoms with van der Waals surface area (Å²) in [7, 11) is 1.81. The number of carbonyl (C=O) groups is 2. The molecule has 0 aliphatic heterocycles. The molecule has 2 aromatic carbocycles. The van der Waals surface area contributed by atoms with Crippen LogP contribution in [0, 0.1) is 5.92 Å². The van der Waals surface area contributed by atoms with Crippen LogP contribution in [0.1, 0.15) is 54.6 Å². The minimum absolute atomic E-state index is 0.0573. The summed E-state index contributed by atoms with van der Waals surface area (Å²) in [5.41, 5.74) is 2.31. The summed E-state index contributed by atoms with van der Waals surface area (Å²) < 4.78 is 0. The third-order valence-corrected chi connectivity index (χ3v) is 5.58. The second-order valence-corrected chi connectivity index (χ2v) is 7.57. The molecule has 1 unspecified atom stereocenters. The van der Waals surface area contributed by atoms with Crippen molar-refractivity contribution in [2.45, 2.75) is 38.6 Å². The predicted octanol–water partition coefficient (Wildman–Crippen LogP) is 4.83. The van der Waals surface area contributed by atoms with E-state index in [1.54, 1.807) is 17.0 Å². The highest BCUT2D eigenvalue weighted by molar-refractivity contribution is 6.04. The number of urea groups is 1. The van der Waals surface area contributed by atoms with Crippen molar-refractivity contribution in [1.82, 2.24) is 10.2 Å². The number of rotatable bonds is 6. The largest absolute Gasteiger partial charge is 0.338 e. The van der Waals surface area contributed by atoms with Gasteiger partial charge in [-0.05, 0) is 55.5 Å². The lowest BCUT2D eigenvalue weighted by Crippen LogP contribution is -2.40. The van der Waals surface area contributed by atoms with Gasteiger partial charge in [0.05, 0.1) is 6.04 Å². The van der Waals surface area contributed by atoms with Gasteiger partial charge in [0.15, 0.2) is 0 Å². The maximum Gasteiger partial charge on any atom is 0.317 e. The standard InChI is InChI=1S/C23H29N3O2/c1-17(26(2)23(28)24-16-18-9-6-7-10-18)20-13-8-14-21(15-20)25-22(27)19-11-4-3-5-12-19/h3-5,8,11-15,17-18H,6-7,9-10,16H2,1-2H3,(H,24,28)(H,25,27). The lowest BCUT2D eigenvalue weighted by Gasteiger charge is -2.26. The van der Waals surface area contributed by atoms with E-state index in [1.807, 2.05) is 56.4 Å². The number of nitrogens with one attached hydrogen (secondary N) is 2. The van der Waals surface area contributed by atoms with Gasteiger partial charge in [-0.25, -0.2) is 4.79 Å². The molecule has 0 heterocycles. The predicted molar refractivity (Wildman–Crippen MR) is 112 cm³/mol. The first-order chi connectivity index (χ1) is 13.5. The molecule has 5 nitrogen and oxygen atoms in total. The summed E-state index contributed by atoms with van der Waals surface area (Å²) >= 11 is 0. The van der Waals surface area contributed by atoms with Crippen molar-refractivity contribution in [2.24, 2.45) is 5.92 Å². The Hall–Kier alpha value is -2.82. The zero-order chi connectivity index (χ0) is 19.9. The van der Waals surface area contributed by atoms with Gasteiger partial charge in [-0.15, -0.1) is 0 Å². The van der Waals surface area contributed by atoms with Crippen LogP contribution in [0.4, 0.5) is 10.5 Å². The van der Waals surface area contributed by atoms with Crippen molar-refractivity contribution < 1.29 is 9.59 Å². The Balaban J connectivity index is 1.60. The van der Waals surface area contributed by atoms with E-state index < -0.39 is 0 Å². The minimum Gasteiger partial charge on any atom is -0.338 e. The molecular weight excluding hydrogens is 350 g/mol. The summed E-state index contributed by atoms with van der Waals surface area (Å²) in [6.45, 7) is 2.75. The van der Waals surface area contributed by atoms with Crippen molar-refractivity contribution >= 4 is 17.6 Å². The molecule has 1 fully saturated rings. The molecule has 0 spiro atoms. The van der Waals surface area contributed by atoms with Crippen LogP contribution in [0.3, 0.4) is 0 Å². The van der Waals surface area contributed by atoms with E-state index in [4.69, 9.17) is 0 Å². The molecule has 5 heteroatoms. The van der Waals surface area contributed by atoms with Crippen molar-refractivity contribution in [1.29, 1.82) is 0 Å². The Morgan fingerprint density at radius 1 is 1.07 bits per heavy atom. The molecular formula is C23H29N3O2. The second kappa shape index (κ2) is 9.40. The summed E-state index contributed by atoms with van der Waals surface area (Å²) in [5, 5.41) is 5.99. The van der Waals surface area contributed by atoms with E-state index in [1.165, 1.54) is 25.7 Å². The average molecular weight is 380 g/mol. The van der Waals surface area contributed by atoms with Gasteiger partial charge in [0.2, 0.25) is 0 Å². The lowest BCUT2D eigenvalue weighted by molar-refractivity contribution is 0.102. The van der Waals surface area contributed by atoms with Gasteiger partial charge in [-0.2, -0.15) is 0 Å². The summed E-state index contributed by atoms with van der Waals surface area (Å²) in [6, 6.07) is 16.6. The molecule has 0 bridgehead atoms. The molecule has 28 heavy (non-hydrogen) atoms. The molecule has 2 N–H and O–H groups in total. The van der Waals surface area contributed by atoms with Crippen LogP contribution in [-0.4, -0.2) is 30.4 Å². The van der Waals surface area contributed by atoms with Crippen LogP contribution in [-0.2, 0) is 0 Å². The maximum absolute atomic E-state index is 12.5. The molecule has 2 aromatic rings. The van der Waals surface area contributed by atoms with Gasteiger partial charge in [0, 0.05) is 24.8 Å². The Labute approximate surface area is 167 Å². The van der Waals surface area contributed by atoms with Crippen molar-refractivity contribution in [2.75, 3.05) is 18.9 Å². The lowest BCUT2D eigenvalue weighted by atomic mass is 10.1. The first-order valence-electron chi connectivity index (χ1n) is 10.0. The highest BCUT2D eigenvalue weighted by atomic mass is 16.2. The van der Waals surface area contributed by atoms with Crippen LogP contribution in [0.15, 0.2) is 54.6 Å². The van der Waals surface area contributed by atoms with Crippen LogP contribution >= 0.6 is 0 Å². The fraction of sp³-hybridized carbons (Fsp3) is 0.391. The fourth-order valence-corrected chi connectivity index (χ4v) is 3.64. The van der Waals surface area contributed by atoms with Crippen molar-refractivity contribution in [3.05, 3.63) is 65.7 Å². The fourth-order valence-electron chi connectivity index (χ4n) is 3.64. The Kier molecular flexibility index (Phi) is 6.69. The molecule has 1 aliphatic carbocycles. The zero-order valence-electron chi connectivity index (χ0n) is 16.7. The molecule has 0 aromatic heterocycles. The van der Waals surface area contributed by atoms with E-state index in [2.05, 4.69) is 10.6 Å². The molecule has 1 atom stereocenters. The number of nitrogens with zero attached hydrogens (tertiary/aromatic N) is 1. The van der Waals surface area contributed by atoms with E-state index >= 15 is 0 Å². The average Bonchev–Trinajstić information content (AvgIpc) is 3.25. The second-order valence-electron chi connectivity index (χ2n) is 7.57. The summed E-state index contributed by atoms with van der Waals surface area (Å²) in [5.74, 6) is 0.470. The highest BCUT2D eigenvalue weighted by Gasteiger charge is 2.20. The van der Waals surface area contributed by atoms with E-state index in [-0.39, 0.29) is 18.0 Å². The number of benzene rings is 2. The van der Waals surface area contributed by atoms with Gasteiger partial charge in [0.1, 0.15) is 0 Å². The smallest absolute Gasteiger partial charge is 0.317 e. The molecule has 3 rings (SSSR count). The Morgan fingerprint density at radius 3 is 2.50 bits per heavy atom. The number of hydrogen-bond donors (Lipinski definition) is 2. The van der Waals surface area contributed by atoms with Crippen LogP contribution in [0.2, 0.25) is 0 Å². The molecule has 0 radical (unpaired) electrons. The normalized spacial score (nSPS) is 15.1. The van der Waals surface area contributed by atoms with E-state index in [0.29, 0.717) is 11.5 Å². The third-order valence-electron chi connectivity index (χ3n) is 5.58. The van der Waals surface area contributed by atoms with Gasteiger partial charge in [-0.1, -0.05) is 43.2 Å². The van der Waals surface area contributed by atoms with Crippen LogP contribution in [0.25, 0.3) is 0 Å². The molecule has 148 valence electrons. The first kappa shape index (κ1) is 19.9. The zero-order valence-corrected chi connectivity index (χ0v) is 16.7. The maximum atomic E-state index is 12.5. The van der Waals surface area contributed by atoms with Gasteiger partial charge >= 0.3 is 6.03 Å². The van der Waals surface area contributed by atoms with Gasteiger partial charge < -0.3 is 15.5 Å². The third kappa shape index (κ3) is 5.12. The minimum atomic E-state index is -0.145. The number of hydrogen-bond acceptors (Lipinski definition) is 2. The molecule has 3 amide bonds.